The molecule has 1 N–H and O–H groups in total. The Labute approximate surface area is 103 Å². The van der Waals surface area contributed by atoms with E-state index in [4.69, 9.17) is 0 Å². The van der Waals surface area contributed by atoms with E-state index in [0.29, 0.717) is 0 Å². The van der Waals surface area contributed by atoms with E-state index in [0.717, 1.165) is 16.6 Å². The molecule has 0 saturated carbocycles. The van der Waals surface area contributed by atoms with Crippen LogP contribution in [0.3, 0.4) is 0 Å². The molecule has 0 unspecified atom stereocenters. The van der Waals surface area contributed by atoms with Crippen molar-refractivity contribution in [2.45, 2.75) is 0 Å². The lowest BCUT2D eigenvalue weighted by Gasteiger charge is -2.01. The predicted octanol–water partition coefficient (Wildman–Crippen LogP) is 1.47. The summed E-state index contributed by atoms with van der Waals surface area (Å²) in [6.07, 6.45) is 5.12. The maximum absolute atomic E-state index is 11.4. The summed E-state index contributed by atoms with van der Waals surface area (Å²) in [6.45, 7) is 0. The molecule has 3 aromatic rings. The Kier molecular flexibility index (Phi) is 2.77. The fourth-order valence-corrected chi connectivity index (χ4v) is 1.82. The van der Waals surface area contributed by atoms with E-state index in [9.17, 15) is 4.79 Å². The number of aromatic amines is 1. The summed E-state index contributed by atoms with van der Waals surface area (Å²) >= 11 is 0. The van der Waals surface area contributed by atoms with Crippen molar-refractivity contribution in [2.75, 3.05) is 0 Å². The second-order valence-corrected chi connectivity index (χ2v) is 3.65. The van der Waals surface area contributed by atoms with Gasteiger partial charge in [0.05, 0.1) is 17.4 Å². The first kappa shape index (κ1) is 11.5. The molecule has 2 heterocycles. The number of H-pyrrole nitrogens is 1. The third-order valence-corrected chi connectivity index (χ3v) is 2.66. The highest BCUT2D eigenvalue weighted by atomic mass is 35.5. The number of rotatable bonds is 1. The van der Waals surface area contributed by atoms with Crippen LogP contribution in [0.15, 0.2) is 41.6 Å². The van der Waals surface area contributed by atoms with Crippen molar-refractivity contribution in [3.8, 4) is 5.69 Å². The first-order valence-electron chi connectivity index (χ1n) is 4.94. The van der Waals surface area contributed by atoms with Crippen LogP contribution in [0.25, 0.3) is 16.6 Å². The molecule has 0 aliphatic heterocycles. The molecule has 5 nitrogen and oxygen atoms in total. The number of fused-ring (bicyclic) bond motifs is 1. The molecule has 0 atom stereocenters. The highest BCUT2D eigenvalue weighted by Crippen LogP contribution is 2.16. The van der Waals surface area contributed by atoms with Crippen LogP contribution in [0.2, 0.25) is 0 Å². The van der Waals surface area contributed by atoms with E-state index in [-0.39, 0.29) is 18.1 Å². The SMILES string of the molecule is Cl.Cn1ncc2cc(-n3cc[nH]c3=O)ccc21. The number of hydrogen-bond acceptors (Lipinski definition) is 2. The van der Waals surface area contributed by atoms with Gasteiger partial charge in [0.15, 0.2) is 0 Å². The number of hydrogen-bond donors (Lipinski definition) is 1. The minimum Gasteiger partial charge on any atom is -0.312 e. The van der Waals surface area contributed by atoms with Gasteiger partial charge in [-0.15, -0.1) is 12.4 Å². The van der Waals surface area contributed by atoms with Crippen molar-refractivity contribution in [3.05, 3.63) is 47.3 Å². The maximum Gasteiger partial charge on any atom is 0.330 e. The van der Waals surface area contributed by atoms with Crippen molar-refractivity contribution in [3.63, 3.8) is 0 Å². The van der Waals surface area contributed by atoms with Gasteiger partial charge in [0.1, 0.15) is 0 Å². The smallest absolute Gasteiger partial charge is 0.312 e. The highest BCUT2D eigenvalue weighted by molar-refractivity contribution is 5.85. The molecule has 0 fully saturated rings. The largest absolute Gasteiger partial charge is 0.330 e. The first-order chi connectivity index (χ1) is 7.75. The van der Waals surface area contributed by atoms with Crippen molar-refractivity contribution in [1.29, 1.82) is 0 Å². The summed E-state index contributed by atoms with van der Waals surface area (Å²) < 4.78 is 3.37. The zero-order valence-electron chi connectivity index (χ0n) is 9.12. The van der Waals surface area contributed by atoms with Crippen LogP contribution >= 0.6 is 12.4 Å². The Hall–Kier alpha value is -2.01. The van der Waals surface area contributed by atoms with Gasteiger partial charge in [0.25, 0.3) is 0 Å². The van der Waals surface area contributed by atoms with Crippen LogP contribution in [0, 0.1) is 0 Å². The summed E-state index contributed by atoms with van der Waals surface area (Å²) in [5.74, 6) is 0. The fraction of sp³-hybridized carbons (Fsp3) is 0.0909. The quantitative estimate of drug-likeness (QED) is 0.711. The minimum absolute atomic E-state index is 0. The number of aromatic nitrogens is 4. The van der Waals surface area contributed by atoms with Gasteiger partial charge in [-0.2, -0.15) is 5.10 Å². The van der Waals surface area contributed by atoms with Gasteiger partial charge in [0.2, 0.25) is 0 Å². The van der Waals surface area contributed by atoms with Crippen LogP contribution in [0.5, 0.6) is 0 Å². The molecular formula is C11H11ClN4O. The number of nitrogens with one attached hydrogen (secondary N) is 1. The third-order valence-electron chi connectivity index (χ3n) is 2.66. The molecule has 3 rings (SSSR count). The van der Waals surface area contributed by atoms with Crippen molar-refractivity contribution < 1.29 is 0 Å². The molecule has 0 aliphatic carbocycles. The van der Waals surface area contributed by atoms with Crippen molar-refractivity contribution >= 4 is 23.3 Å². The minimum atomic E-state index is -0.136. The predicted molar refractivity (Wildman–Crippen MR) is 67.9 cm³/mol. The molecule has 0 saturated heterocycles. The molecule has 0 radical (unpaired) electrons. The second-order valence-electron chi connectivity index (χ2n) is 3.65. The van der Waals surface area contributed by atoms with E-state index in [1.54, 1.807) is 27.8 Å². The number of nitrogens with zero attached hydrogens (tertiary/aromatic N) is 3. The fourth-order valence-electron chi connectivity index (χ4n) is 1.82. The van der Waals surface area contributed by atoms with Gasteiger partial charge in [-0.3, -0.25) is 9.25 Å². The zero-order chi connectivity index (χ0) is 11.1. The summed E-state index contributed by atoms with van der Waals surface area (Å²) in [6, 6.07) is 5.80. The summed E-state index contributed by atoms with van der Waals surface area (Å²) in [4.78, 5) is 14.1. The van der Waals surface area contributed by atoms with Gasteiger partial charge in [-0.1, -0.05) is 0 Å². The summed E-state index contributed by atoms with van der Waals surface area (Å²) in [5, 5.41) is 5.18. The first-order valence-corrected chi connectivity index (χ1v) is 4.94. The molecule has 2 aromatic heterocycles. The molecule has 17 heavy (non-hydrogen) atoms. The lowest BCUT2D eigenvalue weighted by Crippen LogP contribution is -2.13. The van der Waals surface area contributed by atoms with Gasteiger partial charge in [-0.25, -0.2) is 4.79 Å². The van der Waals surface area contributed by atoms with Gasteiger partial charge in [0, 0.05) is 24.8 Å². The molecule has 88 valence electrons. The molecule has 6 heteroatoms. The molecule has 0 amide bonds. The van der Waals surface area contributed by atoms with Crippen molar-refractivity contribution in [1.82, 2.24) is 19.3 Å². The third kappa shape index (κ3) is 1.74. The number of halogens is 1. The molecular weight excluding hydrogens is 240 g/mol. The number of aryl methyl sites for hydroxylation is 1. The Morgan fingerprint density at radius 3 is 2.88 bits per heavy atom. The average molecular weight is 251 g/mol. The Balaban J connectivity index is 0.00000108. The lowest BCUT2D eigenvalue weighted by atomic mass is 10.2. The summed E-state index contributed by atoms with van der Waals surface area (Å²) in [7, 11) is 1.89. The zero-order valence-corrected chi connectivity index (χ0v) is 9.94. The van der Waals surface area contributed by atoms with E-state index < -0.39 is 0 Å². The van der Waals surface area contributed by atoms with Gasteiger partial charge >= 0.3 is 5.69 Å². The van der Waals surface area contributed by atoms with Crippen LogP contribution in [0.4, 0.5) is 0 Å². The van der Waals surface area contributed by atoms with E-state index in [1.165, 1.54) is 0 Å². The van der Waals surface area contributed by atoms with Crippen molar-refractivity contribution in [2.24, 2.45) is 7.05 Å². The Bertz CT molecular complexity index is 709. The van der Waals surface area contributed by atoms with E-state index in [2.05, 4.69) is 10.1 Å². The number of benzene rings is 1. The topological polar surface area (TPSA) is 55.6 Å². The average Bonchev–Trinajstić information content (AvgIpc) is 2.86. The van der Waals surface area contributed by atoms with Crippen LogP contribution in [0.1, 0.15) is 0 Å². The summed E-state index contributed by atoms with van der Waals surface area (Å²) in [5.41, 5.74) is 1.75. The lowest BCUT2D eigenvalue weighted by molar-refractivity contribution is 0.797. The van der Waals surface area contributed by atoms with Crippen LogP contribution in [-0.2, 0) is 7.05 Å². The van der Waals surface area contributed by atoms with Gasteiger partial charge in [-0.05, 0) is 18.2 Å². The number of imidazole rings is 1. The highest BCUT2D eigenvalue weighted by Gasteiger charge is 2.03. The van der Waals surface area contributed by atoms with Crippen LogP contribution in [-0.4, -0.2) is 19.3 Å². The van der Waals surface area contributed by atoms with E-state index in [1.807, 2.05) is 25.2 Å². The molecule has 0 bridgehead atoms. The normalized spacial score (nSPS) is 10.4. The Morgan fingerprint density at radius 1 is 1.35 bits per heavy atom. The Morgan fingerprint density at radius 2 is 2.18 bits per heavy atom. The molecule has 1 aromatic carbocycles. The molecule has 0 spiro atoms. The van der Waals surface area contributed by atoms with E-state index >= 15 is 0 Å². The van der Waals surface area contributed by atoms with Crippen LogP contribution < -0.4 is 5.69 Å². The molecule has 0 aliphatic rings. The standard InChI is InChI=1S/C11H10N4O.ClH/c1-14-10-3-2-9(6-8(10)7-13-14)15-5-4-12-11(15)16;/h2-7H,1H3,(H,12,16);1H. The maximum atomic E-state index is 11.4. The monoisotopic (exact) mass is 250 g/mol. The van der Waals surface area contributed by atoms with Gasteiger partial charge < -0.3 is 4.98 Å². The second kappa shape index (κ2) is 4.10.